The molecule has 2 aromatic carbocycles. The quantitative estimate of drug-likeness (QED) is 0.771. The molecular formula is C16H15Cl2NO4S. The number of rotatable bonds is 6. The molecule has 0 amide bonds. The molecule has 0 saturated heterocycles. The third-order valence-electron chi connectivity index (χ3n) is 3.12. The van der Waals surface area contributed by atoms with Gasteiger partial charge in [0.25, 0.3) is 0 Å². The van der Waals surface area contributed by atoms with E-state index in [-0.39, 0.29) is 11.5 Å². The molecule has 0 aromatic heterocycles. The van der Waals surface area contributed by atoms with E-state index in [0.29, 0.717) is 15.6 Å². The van der Waals surface area contributed by atoms with Crippen molar-refractivity contribution in [1.29, 1.82) is 0 Å². The van der Waals surface area contributed by atoms with Gasteiger partial charge in [-0.05, 0) is 36.8 Å². The standard InChI is InChI=1S/C16H15Cl2NO4S/c1-11-2-5-13(6-3-11)24(21,22)19-9-16(20)23-10-12-4-7-14(17)15(18)8-12/h2-8,19H,9-10H2,1H3. The summed E-state index contributed by atoms with van der Waals surface area (Å²) < 4.78 is 31.3. The van der Waals surface area contributed by atoms with Crippen LogP contribution in [0.25, 0.3) is 0 Å². The van der Waals surface area contributed by atoms with Crippen LogP contribution in [-0.4, -0.2) is 20.9 Å². The lowest BCUT2D eigenvalue weighted by molar-refractivity contribution is -0.143. The van der Waals surface area contributed by atoms with Gasteiger partial charge in [0.2, 0.25) is 10.0 Å². The molecule has 128 valence electrons. The lowest BCUT2D eigenvalue weighted by Gasteiger charge is -2.08. The first-order chi connectivity index (χ1) is 11.3. The third-order valence-corrected chi connectivity index (χ3v) is 5.28. The first-order valence-electron chi connectivity index (χ1n) is 6.94. The zero-order chi connectivity index (χ0) is 17.7. The predicted molar refractivity (Wildman–Crippen MR) is 92.6 cm³/mol. The Hall–Kier alpha value is -1.60. The normalized spacial score (nSPS) is 11.3. The van der Waals surface area contributed by atoms with Gasteiger partial charge in [0.15, 0.2) is 0 Å². The minimum absolute atomic E-state index is 0.0258. The van der Waals surface area contributed by atoms with Crippen LogP contribution in [0, 0.1) is 6.92 Å². The van der Waals surface area contributed by atoms with Crippen LogP contribution in [0.2, 0.25) is 10.0 Å². The van der Waals surface area contributed by atoms with Crippen molar-refractivity contribution in [1.82, 2.24) is 4.72 Å². The highest BCUT2D eigenvalue weighted by Gasteiger charge is 2.16. The van der Waals surface area contributed by atoms with Crippen LogP contribution in [-0.2, 0) is 26.2 Å². The van der Waals surface area contributed by atoms with E-state index in [1.165, 1.54) is 12.1 Å². The second kappa shape index (κ2) is 7.98. The van der Waals surface area contributed by atoms with E-state index < -0.39 is 22.5 Å². The Morgan fingerprint density at radius 2 is 1.75 bits per heavy atom. The Kier molecular flexibility index (Phi) is 6.23. The molecule has 0 aliphatic carbocycles. The summed E-state index contributed by atoms with van der Waals surface area (Å²) in [5.74, 6) is -0.697. The summed E-state index contributed by atoms with van der Waals surface area (Å²) in [6.07, 6.45) is 0. The number of esters is 1. The number of sulfonamides is 1. The summed E-state index contributed by atoms with van der Waals surface area (Å²) in [5, 5.41) is 0.753. The Balaban J connectivity index is 1.88. The molecular weight excluding hydrogens is 373 g/mol. The summed E-state index contributed by atoms with van der Waals surface area (Å²) >= 11 is 11.7. The maximum absolute atomic E-state index is 12.1. The van der Waals surface area contributed by atoms with E-state index in [1.807, 2.05) is 6.92 Å². The molecule has 1 N–H and O–H groups in total. The molecule has 0 atom stereocenters. The number of hydrogen-bond donors (Lipinski definition) is 1. The fourth-order valence-electron chi connectivity index (χ4n) is 1.80. The van der Waals surface area contributed by atoms with Crippen molar-refractivity contribution in [3.05, 3.63) is 63.6 Å². The van der Waals surface area contributed by atoms with Crippen LogP contribution in [0.4, 0.5) is 0 Å². The second-order valence-corrected chi connectivity index (χ2v) is 7.63. The van der Waals surface area contributed by atoms with Gasteiger partial charge in [-0.3, -0.25) is 4.79 Å². The highest BCUT2D eigenvalue weighted by molar-refractivity contribution is 7.89. The van der Waals surface area contributed by atoms with Gasteiger partial charge in [-0.15, -0.1) is 0 Å². The molecule has 0 fully saturated rings. The van der Waals surface area contributed by atoms with Crippen molar-refractivity contribution in [2.24, 2.45) is 0 Å². The van der Waals surface area contributed by atoms with Crippen molar-refractivity contribution in [2.45, 2.75) is 18.4 Å². The van der Waals surface area contributed by atoms with E-state index in [4.69, 9.17) is 27.9 Å². The molecule has 2 rings (SSSR count). The number of hydrogen-bond acceptors (Lipinski definition) is 4. The predicted octanol–water partition coefficient (Wildman–Crippen LogP) is 3.32. The SMILES string of the molecule is Cc1ccc(S(=O)(=O)NCC(=O)OCc2ccc(Cl)c(Cl)c2)cc1. The third kappa shape index (κ3) is 5.21. The van der Waals surface area contributed by atoms with E-state index in [1.54, 1.807) is 30.3 Å². The van der Waals surface area contributed by atoms with Gasteiger partial charge in [0.05, 0.1) is 14.9 Å². The molecule has 0 unspecified atom stereocenters. The van der Waals surface area contributed by atoms with Gasteiger partial charge in [-0.2, -0.15) is 4.72 Å². The number of ether oxygens (including phenoxy) is 1. The van der Waals surface area contributed by atoms with Gasteiger partial charge in [-0.25, -0.2) is 8.42 Å². The molecule has 0 spiro atoms. The second-order valence-electron chi connectivity index (χ2n) is 5.05. The Morgan fingerprint density at radius 3 is 2.38 bits per heavy atom. The zero-order valence-corrected chi connectivity index (χ0v) is 15.1. The van der Waals surface area contributed by atoms with Gasteiger partial charge >= 0.3 is 5.97 Å². The Labute approximate surface area is 150 Å². The van der Waals surface area contributed by atoms with Crippen LogP contribution < -0.4 is 4.72 Å². The fraction of sp³-hybridized carbons (Fsp3) is 0.188. The number of carbonyl (C=O) groups is 1. The average Bonchev–Trinajstić information content (AvgIpc) is 2.54. The molecule has 24 heavy (non-hydrogen) atoms. The van der Waals surface area contributed by atoms with Gasteiger partial charge in [-0.1, -0.05) is 47.0 Å². The summed E-state index contributed by atoms with van der Waals surface area (Å²) in [4.78, 5) is 11.8. The maximum Gasteiger partial charge on any atom is 0.321 e. The van der Waals surface area contributed by atoms with Gasteiger partial charge in [0, 0.05) is 0 Å². The number of aryl methyl sites for hydroxylation is 1. The highest BCUT2D eigenvalue weighted by Crippen LogP contribution is 2.22. The van der Waals surface area contributed by atoms with Gasteiger partial charge < -0.3 is 4.74 Å². The van der Waals surface area contributed by atoms with Crippen LogP contribution >= 0.6 is 23.2 Å². The monoisotopic (exact) mass is 387 g/mol. The molecule has 0 saturated carbocycles. The first-order valence-corrected chi connectivity index (χ1v) is 9.18. The maximum atomic E-state index is 12.1. The molecule has 0 bridgehead atoms. The van der Waals surface area contributed by atoms with Gasteiger partial charge in [0.1, 0.15) is 13.2 Å². The minimum atomic E-state index is -3.76. The summed E-state index contributed by atoms with van der Waals surface area (Å²) in [6, 6.07) is 11.1. The lowest BCUT2D eigenvalue weighted by Crippen LogP contribution is -2.30. The van der Waals surface area contributed by atoms with Crippen molar-refractivity contribution >= 4 is 39.2 Å². The molecule has 0 aliphatic rings. The summed E-state index contributed by atoms with van der Waals surface area (Å²) in [7, 11) is -3.76. The van der Waals surface area contributed by atoms with Crippen LogP contribution in [0.1, 0.15) is 11.1 Å². The topological polar surface area (TPSA) is 72.5 Å². The minimum Gasteiger partial charge on any atom is -0.460 e. The van der Waals surface area contributed by atoms with E-state index >= 15 is 0 Å². The van der Waals surface area contributed by atoms with Crippen LogP contribution in [0.5, 0.6) is 0 Å². The average molecular weight is 388 g/mol. The molecule has 0 radical (unpaired) electrons. The first kappa shape index (κ1) is 18.7. The van der Waals surface area contributed by atoms with Crippen molar-refractivity contribution in [3.63, 3.8) is 0 Å². The van der Waals surface area contributed by atoms with Crippen LogP contribution in [0.15, 0.2) is 47.4 Å². The van der Waals surface area contributed by atoms with Crippen molar-refractivity contribution in [3.8, 4) is 0 Å². The number of nitrogens with one attached hydrogen (secondary N) is 1. The van der Waals surface area contributed by atoms with E-state index in [9.17, 15) is 13.2 Å². The smallest absolute Gasteiger partial charge is 0.321 e. The zero-order valence-electron chi connectivity index (χ0n) is 12.8. The van der Waals surface area contributed by atoms with Crippen molar-refractivity contribution in [2.75, 3.05) is 6.54 Å². The highest BCUT2D eigenvalue weighted by atomic mass is 35.5. The summed E-state index contributed by atoms with van der Waals surface area (Å²) in [5.41, 5.74) is 1.59. The van der Waals surface area contributed by atoms with Crippen LogP contribution in [0.3, 0.4) is 0 Å². The fourth-order valence-corrected chi connectivity index (χ4v) is 3.09. The Morgan fingerprint density at radius 1 is 1.08 bits per heavy atom. The molecule has 2 aromatic rings. The number of carbonyl (C=O) groups excluding carboxylic acids is 1. The number of benzene rings is 2. The molecule has 5 nitrogen and oxygen atoms in total. The lowest BCUT2D eigenvalue weighted by atomic mass is 10.2. The van der Waals surface area contributed by atoms with Crippen molar-refractivity contribution < 1.29 is 17.9 Å². The van der Waals surface area contributed by atoms with E-state index in [2.05, 4.69) is 4.72 Å². The molecule has 0 heterocycles. The van der Waals surface area contributed by atoms with E-state index in [0.717, 1.165) is 5.56 Å². The number of halogens is 2. The molecule has 8 heteroatoms. The largest absolute Gasteiger partial charge is 0.460 e. The summed E-state index contributed by atoms with van der Waals surface area (Å²) in [6.45, 7) is 1.36. The molecule has 0 aliphatic heterocycles. The Bertz CT molecular complexity index is 836.